The highest BCUT2D eigenvalue weighted by Gasteiger charge is 2.21. The van der Waals surface area contributed by atoms with E-state index < -0.39 is 11.7 Å². The molecule has 0 atom stereocenters. The Hall–Kier alpha value is -4.26. The van der Waals surface area contributed by atoms with Gasteiger partial charge in [0.15, 0.2) is 0 Å². The molecular weight excluding hydrogens is 433 g/mol. The molecule has 1 amide bonds. The average Bonchev–Trinajstić information content (AvgIpc) is 2.87. The Labute approximate surface area is 196 Å². The van der Waals surface area contributed by atoms with E-state index in [4.69, 9.17) is 4.74 Å². The average molecular weight is 458 g/mol. The molecule has 7 heteroatoms. The monoisotopic (exact) mass is 457 g/mol. The maximum atomic E-state index is 13.4. The first-order valence-corrected chi connectivity index (χ1v) is 10.9. The molecule has 0 saturated carbocycles. The fourth-order valence-electron chi connectivity index (χ4n) is 3.62. The van der Waals surface area contributed by atoms with Gasteiger partial charge >= 0.3 is 0 Å². The summed E-state index contributed by atoms with van der Waals surface area (Å²) < 4.78 is 20.2. The van der Waals surface area contributed by atoms with Gasteiger partial charge in [-0.25, -0.2) is 9.07 Å². The van der Waals surface area contributed by atoms with Gasteiger partial charge in [0.25, 0.3) is 5.91 Å². The lowest BCUT2D eigenvalue weighted by Crippen LogP contribution is -2.25. The smallest absolute Gasteiger partial charge is 0.256 e. The zero-order valence-corrected chi connectivity index (χ0v) is 19.1. The third-order valence-electron chi connectivity index (χ3n) is 5.56. The number of nitrogens with one attached hydrogen (secondary N) is 1. The quantitative estimate of drug-likeness (QED) is 0.434. The number of halogens is 1. The summed E-state index contributed by atoms with van der Waals surface area (Å²) in [4.78, 5) is 26.4. The van der Waals surface area contributed by atoms with Gasteiger partial charge < -0.3 is 10.1 Å². The van der Waals surface area contributed by atoms with Gasteiger partial charge in [-0.3, -0.25) is 9.59 Å². The number of amides is 1. The van der Waals surface area contributed by atoms with Crippen molar-refractivity contribution in [2.75, 3.05) is 12.4 Å². The van der Waals surface area contributed by atoms with Crippen molar-refractivity contribution in [1.82, 2.24) is 9.78 Å². The predicted molar refractivity (Wildman–Crippen MR) is 130 cm³/mol. The number of hydrogen-bond donors (Lipinski definition) is 1. The maximum Gasteiger partial charge on any atom is 0.256 e. The zero-order valence-electron chi connectivity index (χ0n) is 19.1. The van der Waals surface area contributed by atoms with E-state index in [9.17, 15) is 14.0 Å². The van der Waals surface area contributed by atoms with Gasteiger partial charge in [0.2, 0.25) is 5.43 Å². The first-order valence-electron chi connectivity index (χ1n) is 10.9. The molecule has 0 unspecified atom stereocenters. The van der Waals surface area contributed by atoms with Crippen molar-refractivity contribution in [2.45, 2.75) is 20.3 Å². The Morgan fingerprint density at radius 2 is 1.65 bits per heavy atom. The first kappa shape index (κ1) is 22.9. The normalized spacial score (nSPS) is 10.7. The van der Waals surface area contributed by atoms with Crippen LogP contribution >= 0.6 is 0 Å². The topological polar surface area (TPSA) is 73.2 Å². The minimum atomic E-state index is -0.487. The Bertz CT molecular complexity index is 1380. The Balaban J connectivity index is 1.92. The van der Waals surface area contributed by atoms with Gasteiger partial charge in [0, 0.05) is 5.56 Å². The van der Waals surface area contributed by atoms with Crippen molar-refractivity contribution < 1.29 is 13.9 Å². The van der Waals surface area contributed by atoms with Crippen LogP contribution < -0.4 is 15.5 Å². The molecule has 0 spiro atoms. The molecule has 0 bridgehead atoms. The van der Waals surface area contributed by atoms with Crippen LogP contribution in [0.3, 0.4) is 0 Å². The van der Waals surface area contributed by atoms with Crippen molar-refractivity contribution in [1.29, 1.82) is 0 Å². The minimum absolute atomic E-state index is 0.222. The Kier molecular flexibility index (Phi) is 6.54. The van der Waals surface area contributed by atoms with Crippen LogP contribution in [0.25, 0.3) is 16.8 Å². The van der Waals surface area contributed by atoms with Crippen LogP contribution in [0.15, 0.2) is 77.6 Å². The molecule has 0 fully saturated rings. The molecule has 6 nitrogen and oxygen atoms in total. The molecule has 1 heterocycles. The summed E-state index contributed by atoms with van der Waals surface area (Å²) in [6, 6.07) is 19.9. The van der Waals surface area contributed by atoms with Gasteiger partial charge in [-0.2, -0.15) is 5.10 Å². The predicted octanol–water partition coefficient (Wildman–Crippen LogP) is 5.17. The fraction of sp³-hybridized carbons (Fsp3) is 0.148. The molecule has 3 aromatic carbocycles. The van der Waals surface area contributed by atoms with E-state index in [0.717, 1.165) is 12.0 Å². The first-order chi connectivity index (χ1) is 16.4. The number of rotatable bonds is 6. The van der Waals surface area contributed by atoms with Crippen molar-refractivity contribution in [2.24, 2.45) is 0 Å². The minimum Gasteiger partial charge on any atom is -0.497 e. The van der Waals surface area contributed by atoms with Gasteiger partial charge in [0.1, 0.15) is 23.1 Å². The van der Waals surface area contributed by atoms with Crippen molar-refractivity contribution >= 4 is 11.7 Å². The standard InChI is InChI=1S/C27H24FN3O3/c1-4-18-5-13-22(14-6-18)31-26(29-27(33)20-7-11-21(28)12-8-20)24(25(32)17(2)30-31)19-9-15-23(34-3)16-10-19/h5-16H,4H2,1-3H3,(H,29,33). The molecule has 0 aliphatic carbocycles. The molecule has 4 aromatic rings. The van der Waals surface area contributed by atoms with E-state index >= 15 is 0 Å². The SMILES string of the molecule is CCc1ccc(-n2nc(C)c(=O)c(-c3ccc(OC)cc3)c2NC(=O)c2ccc(F)cc2)cc1. The number of methoxy groups -OCH3 is 1. The maximum absolute atomic E-state index is 13.4. The van der Waals surface area contributed by atoms with E-state index in [2.05, 4.69) is 17.3 Å². The number of hydrogen-bond acceptors (Lipinski definition) is 4. The van der Waals surface area contributed by atoms with E-state index in [1.165, 1.54) is 24.3 Å². The van der Waals surface area contributed by atoms with Gasteiger partial charge in [-0.1, -0.05) is 31.2 Å². The summed E-state index contributed by atoms with van der Waals surface area (Å²) in [7, 11) is 1.56. The third kappa shape index (κ3) is 4.59. The largest absolute Gasteiger partial charge is 0.497 e. The number of aryl methyl sites for hydroxylation is 2. The lowest BCUT2D eigenvalue weighted by atomic mass is 10.0. The number of carbonyl (C=O) groups is 1. The van der Waals surface area contributed by atoms with E-state index in [1.54, 1.807) is 43.0 Å². The molecule has 0 saturated heterocycles. The van der Waals surface area contributed by atoms with Crippen LogP contribution in [0, 0.1) is 12.7 Å². The van der Waals surface area contributed by atoms with Gasteiger partial charge in [0.05, 0.1) is 18.4 Å². The Morgan fingerprint density at radius 1 is 1.00 bits per heavy atom. The molecule has 1 aromatic heterocycles. The number of carbonyl (C=O) groups excluding carboxylic acids is 1. The molecule has 0 aliphatic rings. The third-order valence-corrected chi connectivity index (χ3v) is 5.56. The second-order valence-electron chi connectivity index (χ2n) is 7.76. The molecule has 34 heavy (non-hydrogen) atoms. The summed E-state index contributed by atoms with van der Waals surface area (Å²) in [5.41, 5.74) is 2.96. The summed E-state index contributed by atoms with van der Waals surface area (Å²) in [5.74, 6) is -0.0691. The lowest BCUT2D eigenvalue weighted by Gasteiger charge is -2.19. The van der Waals surface area contributed by atoms with Crippen LogP contribution in [0.1, 0.15) is 28.5 Å². The van der Waals surface area contributed by atoms with E-state index in [-0.39, 0.29) is 22.5 Å². The number of anilines is 1. The van der Waals surface area contributed by atoms with Crippen molar-refractivity contribution in [3.63, 3.8) is 0 Å². The van der Waals surface area contributed by atoms with Crippen LogP contribution in [0.4, 0.5) is 10.2 Å². The van der Waals surface area contributed by atoms with Crippen molar-refractivity contribution in [3.8, 4) is 22.6 Å². The second-order valence-corrected chi connectivity index (χ2v) is 7.76. The van der Waals surface area contributed by atoms with Crippen LogP contribution in [0.5, 0.6) is 5.75 Å². The number of nitrogens with zero attached hydrogens (tertiary/aromatic N) is 2. The molecule has 4 rings (SSSR count). The highest BCUT2D eigenvalue weighted by atomic mass is 19.1. The summed E-state index contributed by atoms with van der Waals surface area (Å²) in [6.07, 6.45) is 0.877. The highest BCUT2D eigenvalue weighted by molar-refractivity contribution is 6.05. The Morgan fingerprint density at radius 3 is 2.24 bits per heavy atom. The molecule has 1 N–H and O–H groups in total. The number of ether oxygens (including phenoxy) is 1. The van der Waals surface area contributed by atoms with Crippen LogP contribution in [-0.2, 0) is 6.42 Å². The molecular formula is C27H24FN3O3. The lowest BCUT2D eigenvalue weighted by molar-refractivity contribution is 0.102. The zero-order chi connectivity index (χ0) is 24.2. The van der Waals surface area contributed by atoms with Crippen molar-refractivity contribution in [3.05, 3.63) is 106 Å². The molecule has 172 valence electrons. The van der Waals surface area contributed by atoms with Crippen LogP contribution in [0.2, 0.25) is 0 Å². The number of benzene rings is 3. The van der Waals surface area contributed by atoms with Gasteiger partial charge in [-0.05, 0) is 73.0 Å². The number of aromatic nitrogens is 2. The van der Waals surface area contributed by atoms with Gasteiger partial charge in [-0.15, -0.1) is 0 Å². The van der Waals surface area contributed by atoms with E-state index in [1.807, 2.05) is 24.3 Å². The summed E-state index contributed by atoms with van der Waals surface area (Å²) in [5, 5.41) is 7.33. The summed E-state index contributed by atoms with van der Waals surface area (Å²) >= 11 is 0. The highest BCUT2D eigenvalue weighted by Crippen LogP contribution is 2.29. The fourth-order valence-corrected chi connectivity index (χ4v) is 3.62. The molecule has 0 aliphatic heterocycles. The van der Waals surface area contributed by atoms with E-state index in [0.29, 0.717) is 22.6 Å². The second kappa shape index (κ2) is 9.70. The van der Waals surface area contributed by atoms with Crippen LogP contribution in [-0.4, -0.2) is 22.8 Å². The molecule has 0 radical (unpaired) electrons. The summed E-state index contributed by atoms with van der Waals surface area (Å²) in [6.45, 7) is 3.70.